The fraction of sp³-hybridized carbons (Fsp3) is 0.440. The highest BCUT2D eigenvalue weighted by Gasteiger charge is 2.44. The van der Waals surface area contributed by atoms with Crippen molar-refractivity contribution in [2.75, 3.05) is 32.8 Å². The summed E-state index contributed by atoms with van der Waals surface area (Å²) in [6, 6.07) is -0.316. The third-order valence-corrected chi connectivity index (χ3v) is 8.93. The van der Waals surface area contributed by atoms with Crippen LogP contribution in [-0.4, -0.2) is 74.4 Å². The molecule has 0 aromatic carbocycles. The Morgan fingerprint density at radius 2 is 2.31 bits per heavy atom. The lowest BCUT2D eigenvalue weighted by atomic mass is 10.0. The molecular weight excluding hydrogens is 562 g/mol. The summed E-state index contributed by atoms with van der Waals surface area (Å²) in [6.45, 7) is 6.66. The lowest BCUT2D eigenvalue weighted by molar-refractivity contribution is -0.00620. The van der Waals surface area contributed by atoms with Crippen molar-refractivity contribution in [3.63, 3.8) is 0 Å². The Morgan fingerprint density at radius 1 is 1.41 bits per heavy atom. The monoisotopic (exact) mass is 589 g/mol. The zero-order valence-electron chi connectivity index (χ0n) is 21.4. The minimum absolute atomic E-state index is 0.288. The number of halogens is 1. The largest absolute Gasteiger partial charge is 0.464 e. The second-order valence-electron chi connectivity index (χ2n) is 9.15. The Kier molecular flexibility index (Phi) is 7.33. The zero-order valence-corrected chi connectivity index (χ0v) is 23.8. The molecule has 6 heterocycles. The lowest BCUT2D eigenvalue weighted by Crippen LogP contribution is -2.58. The number of aromatic nitrogens is 4. The molecule has 0 saturated carbocycles. The van der Waals surface area contributed by atoms with Gasteiger partial charge in [-0.2, -0.15) is 5.10 Å². The maximum absolute atomic E-state index is 12.4. The van der Waals surface area contributed by atoms with Gasteiger partial charge in [-0.25, -0.2) is 19.3 Å². The van der Waals surface area contributed by atoms with Crippen LogP contribution >= 0.6 is 34.3 Å². The average Bonchev–Trinajstić information content (AvgIpc) is 3.65. The van der Waals surface area contributed by atoms with Crippen LogP contribution in [0.15, 0.2) is 42.0 Å². The van der Waals surface area contributed by atoms with Gasteiger partial charge in [0.2, 0.25) is 4.96 Å². The van der Waals surface area contributed by atoms with E-state index in [0.29, 0.717) is 25.5 Å². The Labute approximate surface area is 238 Å². The molecule has 0 amide bonds. The van der Waals surface area contributed by atoms with Crippen LogP contribution in [0.25, 0.3) is 4.96 Å². The van der Waals surface area contributed by atoms with Crippen LogP contribution in [-0.2, 0) is 20.6 Å². The summed E-state index contributed by atoms with van der Waals surface area (Å²) >= 11 is 9.96. The number of nitrogens with zero attached hydrogens (tertiary/aromatic N) is 5. The fourth-order valence-corrected chi connectivity index (χ4v) is 6.88. The quantitative estimate of drug-likeness (QED) is 0.184. The van der Waals surface area contributed by atoms with Gasteiger partial charge in [-0.3, -0.25) is 0 Å². The maximum atomic E-state index is 12.4. The molecule has 3 aromatic heterocycles. The van der Waals surface area contributed by atoms with Crippen molar-refractivity contribution < 1.29 is 19.0 Å². The summed E-state index contributed by atoms with van der Waals surface area (Å²) in [6.07, 6.45) is 9.39. The van der Waals surface area contributed by atoms with Crippen LogP contribution < -0.4 is 10.6 Å². The smallest absolute Gasteiger partial charge is 0.357 e. The van der Waals surface area contributed by atoms with E-state index in [1.807, 2.05) is 29.8 Å². The number of carbonyl (C=O) groups excluding carboxylic acids is 1. The summed E-state index contributed by atoms with van der Waals surface area (Å²) in [5.41, 5.74) is 2.20. The summed E-state index contributed by atoms with van der Waals surface area (Å²) in [5, 5.41) is 14.6. The molecule has 0 radical (unpaired) electrons. The molecule has 1 fully saturated rings. The van der Waals surface area contributed by atoms with Gasteiger partial charge in [0, 0.05) is 37.6 Å². The van der Waals surface area contributed by atoms with Gasteiger partial charge in [-0.15, -0.1) is 11.3 Å². The van der Waals surface area contributed by atoms with Crippen molar-refractivity contribution in [1.29, 1.82) is 0 Å². The van der Waals surface area contributed by atoms with Gasteiger partial charge in [-0.1, -0.05) is 22.9 Å². The van der Waals surface area contributed by atoms with Crippen LogP contribution in [0.2, 0.25) is 0 Å². The molecule has 0 spiro atoms. The van der Waals surface area contributed by atoms with E-state index in [2.05, 4.69) is 20.5 Å². The van der Waals surface area contributed by atoms with Crippen molar-refractivity contribution in [3.8, 4) is 0 Å². The number of morpholine rings is 1. The van der Waals surface area contributed by atoms with Crippen molar-refractivity contribution in [2.24, 2.45) is 0 Å². The highest BCUT2D eigenvalue weighted by molar-refractivity contribution is 7.16. The summed E-state index contributed by atoms with van der Waals surface area (Å²) in [5.74, 6) is 0.0960. The number of dihydropyridines is 1. The molecule has 2 N–H and O–H groups in total. The Morgan fingerprint density at radius 3 is 3.13 bits per heavy atom. The third-order valence-electron chi connectivity index (χ3n) is 6.67. The molecule has 3 aromatic rings. The molecule has 3 aliphatic heterocycles. The Bertz CT molecular complexity index is 1460. The van der Waals surface area contributed by atoms with Crippen molar-refractivity contribution in [1.82, 2.24) is 35.1 Å². The summed E-state index contributed by atoms with van der Waals surface area (Å²) < 4.78 is 19.1. The number of alkyl halides is 1. The summed E-state index contributed by atoms with van der Waals surface area (Å²) in [7, 11) is 0. The lowest BCUT2D eigenvalue weighted by Gasteiger charge is -2.39. The fourth-order valence-electron chi connectivity index (χ4n) is 4.89. The van der Waals surface area contributed by atoms with Crippen molar-refractivity contribution >= 4 is 45.2 Å². The molecular formula is C25H28ClN7O4S2. The SMILES string of the molecule is CCOC(=O)c1csc(C2c3c(nc4sc(C)nn34)CCN2C=COC2=CC=CNC2(Cl)C2CNCCO2)n1. The van der Waals surface area contributed by atoms with Gasteiger partial charge in [-0.05, 0) is 32.2 Å². The minimum atomic E-state index is -1.04. The molecule has 0 aliphatic carbocycles. The van der Waals surface area contributed by atoms with Crippen LogP contribution in [0.3, 0.4) is 0 Å². The molecule has 0 bridgehead atoms. The first-order chi connectivity index (χ1) is 19.0. The van der Waals surface area contributed by atoms with E-state index in [1.165, 1.54) is 11.3 Å². The molecule has 1 saturated heterocycles. The van der Waals surface area contributed by atoms with E-state index < -0.39 is 11.0 Å². The summed E-state index contributed by atoms with van der Waals surface area (Å²) in [4.78, 5) is 23.8. The van der Waals surface area contributed by atoms with Crippen LogP contribution in [0.1, 0.15) is 44.9 Å². The maximum Gasteiger partial charge on any atom is 0.357 e. The van der Waals surface area contributed by atoms with E-state index in [0.717, 1.165) is 39.3 Å². The second-order valence-corrected chi connectivity index (χ2v) is 11.8. The van der Waals surface area contributed by atoms with E-state index in [9.17, 15) is 4.79 Å². The topological polar surface area (TPSA) is 115 Å². The van der Waals surface area contributed by atoms with E-state index >= 15 is 0 Å². The second kappa shape index (κ2) is 10.9. The number of hydrogen-bond acceptors (Lipinski definition) is 12. The van der Waals surface area contributed by atoms with Gasteiger partial charge in [0.05, 0.1) is 24.6 Å². The first-order valence-corrected chi connectivity index (χ1v) is 14.8. The van der Waals surface area contributed by atoms with Crippen LogP contribution in [0.5, 0.6) is 0 Å². The highest BCUT2D eigenvalue weighted by atomic mass is 35.5. The van der Waals surface area contributed by atoms with Gasteiger partial charge < -0.3 is 29.7 Å². The normalized spacial score (nSPS) is 25.0. The highest BCUT2D eigenvalue weighted by Crippen LogP contribution is 2.38. The number of hydrogen-bond donors (Lipinski definition) is 2. The van der Waals surface area contributed by atoms with Crippen molar-refractivity contribution in [3.05, 3.63) is 69.1 Å². The number of fused-ring (bicyclic) bond motifs is 3. The number of rotatable bonds is 7. The standard InChI is InChI=1S/C25H28ClN7O4S2/c1-3-35-23(34)17-14-38-22(29-17)21-20-16(30-24-33(20)31-15(2)39-24)6-9-32(21)10-12-37-18-5-4-7-28-25(18,26)19-13-27-8-11-36-19/h4-5,7,10,12,14,19,21,27-28H,3,6,8-9,11,13H2,1-2H3. The number of nitrogens with one attached hydrogen (secondary N) is 2. The number of carbonyl (C=O) groups is 1. The van der Waals surface area contributed by atoms with Gasteiger partial charge >= 0.3 is 5.97 Å². The predicted molar refractivity (Wildman–Crippen MR) is 148 cm³/mol. The number of esters is 1. The van der Waals surface area contributed by atoms with E-state index in [1.54, 1.807) is 36.1 Å². The number of aryl methyl sites for hydroxylation is 1. The number of thiazole rings is 1. The minimum Gasteiger partial charge on any atom is -0.464 e. The van der Waals surface area contributed by atoms with Crippen LogP contribution in [0.4, 0.5) is 0 Å². The molecule has 11 nitrogen and oxygen atoms in total. The first-order valence-electron chi connectivity index (χ1n) is 12.7. The van der Waals surface area contributed by atoms with Gasteiger partial charge in [0.1, 0.15) is 34.2 Å². The molecule has 3 unspecified atom stereocenters. The Balaban J connectivity index is 1.30. The molecule has 3 atom stereocenters. The third kappa shape index (κ3) is 4.93. The van der Waals surface area contributed by atoms with Crippen molar-refractivity contribution in [2.45, 2.75) is 37.4 Å². The zero-order chi connectivity index (χ0) is 27.0. The molecule has 14 heteroatoms. The van der Waals surface area contributed by atoms with Gasteiger partial charge in [0.25, 0.3) is 0 Å². The first kappa shape index (κ1) is 26.3. The van der Waals surface area contributed by atoms with Gasteiger partial charge in [0.15, 0.2) is 10.7 Å². The van der Waals surface area contributed by atoms with Crippen LogP contribution in [0, 0.1) is 6.92 Å². The number of imidazole rings is 1. The number of ether oxygens (including phenoxy) is 3. The molecule has 39 heavy (non-hydrogen) atoms. The molecule has 3 aliphatic rings. The molecule has 206 valence electrons. The van der Waals surface area contributed by atoms with E-state index in [4.69, 9.17) is 35.9 Å². The van der Waals surface area contributed by atoms with E-state index in [-0.39, 0.29) is 24.4 Å². The Hall–Kier alpha value is -2.97. The number of allylic oxidation sites excluding steroid dienone is 2. The molecule has 6 rings (SSSR count). The predicted octanol–water partition coefficient (Wildman–Crippen LogP) is 3.09. The average molecular weight is 590 g/mol.